The molecule has 1 rings (SSSR count). The molecule has 2 nitrogen and oxygen atoms in total. The average Bonchev–Trinajstić information content (AvgIpc) is 2.33. The molecule has 0 atom stereocenters. The predicted octanol–water partition coefficient (Wildman–Crippen LogP) is 1.93. The van der Waals surface area contributed by atoms with Gasteiger partial charge in [-0.3, -0.25) is 0 Å². The molecule has 0 saturated heterocycles. The van der Waals surface area contributed by atoms with E-state index in [1.807, 2.05) is 19.9 Å². The van der Waals surface area contributed by atoms with Crippen molar-refractivity contribution >= 4 is 0 Å². The van der Waals surface area contributed by atoms with Gasteiger partial charge < -0.3 is 0 Å². The van der Waals surface area contributed by atoms with Crippen molar-refractivity contribution in [1.29, 1.82) is 0 Å². The summed E-state index contributed by atoms with van der Waals surface area (Å²) in [5.41, 5.74) is 0.947. The molecule has 0 aromatic carbocycles. The van der Waals surface area contributed by atoms with Crippen molar-refractivity contribution < 1.29 is 4.39 Å². The fraction of sp³-hybridized carbons (Fsp3) is 0.571. The maximum absolute atomic E-state index is 12.1. The van der Waals surface area contributed by atoms with E-state index in [1.165, 1.54) is 4.68 Å². The quantitative estimate of drug-likeness (QED) is 0.617. The van der Waals surface area contributed by atoms with Gasteiger partial charge in [0.15, 0.2) is 6.80 Å². The average molecular weight is 142 g/mol. The molecule has 3 heteroatoms. The summed E-state index contributed by atoms with van der Waals surface area (Å²) >= 11 is 0. The van der Waals surface area contributed by atoms with Gasteiger partial charge in [-0.1, -0.05) is 13.8 Å². The second-order valence-corrected chi connectivity index (χ2v) is 2.53. The van der Waals surface area contributed by atoms with E-state index in [-0.39, 0.29) is 0 Å². The monoisotopic (exact) mass is 142 g/mol. The van der Waals surface area contributed by atoms with E-state index < -0.39 is 6.80 Å². The van der Waals surface area contributed by atoms with Crippen LogP contribution < -0.4 is 0 Å². The SMILES string of the molecule is CC(C)c1ccnn1CF. The van der Waals surface area contributed by atoms with E-state index in [1.54, 1.807) is 6.20 Å². The van der Waals surface area contributed by atoms with E-state index in [0.717, 1.165) is 5.69 Å². The minimum Gasteiger partial charge on any atom is -0.238 e. The molecule has 0 bridgehead atoms. The number of rotatable bonds is 2. The van der Waals surface area contributed by atoms with Crippen LogP contribution in [-0.4, -0.2) is 9.78 Å². The molecule has 0 saturated carbocycles. The first kappa shape index (κ1) is 7.25. The van der Waals surface area contributed by atoms with E-state index >= 15 is 0 Å². The zero-order valence-corrected chi connectivity index (χ0v) is 6.21. The van der Waals surface area contributed by atoms with Crippen LogP contribution in [0.2, 0.25) is 0 Å². The van der Waals surface area contributed by atoms with Crippen molar-refractivity contribution in [2.45, 2.75) is 26.6 Å². The Hall–Kier alpha value is -0.860. The Morgan fingerprint density at radius 2 is 2.40 bits per heavy atom. The zero-order valence-electron chi connectivity index (χ0n) is 6.21. The summed E-state index contributed by atoms with van der Waals surface area (Å²) in [4.78, 5) is 0. The second kappa shape index (κ2) is 2.82. The van der Waals surface area contributed by atoms with Crippen LogP contribution in [0, 0.1) is 0 Å². The third kappa shape index (κ3) is 1.17. The number of hydrogen-bond acceptors (Lipinski definition) is 1. The lowest BCUT2D eigenvalue weighted by Gasteiger charge is -2.04. The minimum atomic E-state index is -0.527. The van der Waals surface area contributed by atoms with Gasteiger partial charge in [0.2, 0.25) is 0 Å². The molecule has 0 aliphatic carbocycles. The molecule has 56 valence electrons. The third-order valence-corrected chi connectivity index (χ3v) is 1.45. The molecule has 0 aliphatic rings. The van der Waals surface area contributed by atoms with Gasteiger partial charge >= 0.3 is 0 Å². The van der Waals surface area contributed by atoms with Crippen LogP contribution in [0.1, 0.15) is 25.5 Å². The van der Waals surface area contributed by atoms with Crippen LogP contribution in [0.25, 0.3) is 0 Å². The maximum Gasteiger partial charge on any atom is 0.181 e. The van der Waals surface area contributed by atoms with Gasteiger partial charge in [-0.2, -0.15) is 5.10 Å². The van der Waals surface area contributed by atoms with Crippen molar-refractivity contribution in [3.05, 3.63) is 18.0 Å². The first-order valence-electron chi connectivity index (χ1n) is 3.33. The molecule has 1 aromatic heterocycles. The lowest BCUT2D eigenvalue weighted by Crippen LogP contribution is -2.02. The molecule has 0 fully saturated rings. The Morgan fingerprint density at radius 1 is 1.70 bits per heavy atom. The zero-order chi connectivity index (χ0) is 7.56. The Morgan fingerprint density at radius 3 is 2.80 bits per heavy atom. The molecule has 0 unspecified atom stereocenters. The Kier molecular flexibility index (Phi) is 2.04. The molecule has 10 heavy (non-hydrogen) atoms. The topological polar surface area (TPSA) is 17.8 Å². The highest BCUT2D eigenvalue weighted by Crippen LogP contribution is 2.12. The molecule has 0 amide bonds. The summed E-state index contributed by atoms with van der Waals surface area (Å²) in [6.07, 6.45) is 1.62. The van der Waals surface area contributed by atoms with Gasteiger partial charge in [0.1, 0.15) is 0 Å². The molecular formula is C7H11FN2. The van der Waals surface area contributed by atoms with Crippen molar-refractivity contribution in [3.8, 4) is 0 Å². The highest BCUT2D eigenvalue weighted by molar-refractivity contribution is 5.04. The van der Waals surface area contributed by atoms with Crippen LogP contribution in [0.15, 0.2) is 12.3 Å². The number of nitrogens with zero attached hydrogens (tertiary/aromatic N) is 2. The fourth-order valence-electron chi connectivity index (χ4n) is 0.933. The van der Waals surface area contributed by atoms with E-state index in [9.17, 15) is 4.39 Å². The Labute approximate surface area is 59.7 Å². The molecule has 0 radical (unpaired) electrons. The van der Waals surface area contributed by atoms with Crippen LogP contribution in [0.3, 0.4) is 0 Å². The Balaban J connectivity index is 2.90. The fourth-order valence-corrected chi connectivity index (χ4v) is 0.933. The van der Waals surface area contributed by atoms with E-state index in [2.05, 4.69) is 5.10 Å². The third-order valence-electron chi connectivity index (χ3n) is 1.45. The Bertz CT molecular complexity index is 205. The molecule has 0 N–H and O–H groups in total. The minimum absolute atomic E-state index is 0.346. The standard InChI is InChI=1S/C7H11FN2/c1-6(2)7-3-4-9-10(7)5-8/h3-4,6H,5H2,1-2H3. The molecule has 1 heterocycles. The van der Waals surface area contributed by atoms with Crippen LogP contribution in [-0.2, 0) is 6.80 Å². The number of halogens is 1. The van der Waals surface area contributed by atoms with Crippen molar-refractivity contribution in [2.24, 2.45) is 0 Å². The normalized spacial score (nSPS) is 10.8. The first-order chi connectivity index (χ1) is 4.75. The number of aromatic nitrogens is 2. The predicted molar refractivity (Wildman–Crippen MR) is 37.4 cm³/mol. The van der Waals surface area contributed by atoms with Gasteiger partial charge in [-0.25, -0.2) is 9.07 Å². The molecule has 1 aromatic rings. The van der Waals surface area contributed by atoms with Gasteiger partial charge in [0, 0.05) is 11.9 Å². The summed E-state index contributed by atoms with van der Waals surface area (Å²) in [7, 11) is 0. The van der Waals surface area contributed by atoms with Gasteiger partial charge in [0.25, 0.3) is 0 Å². The highest BCUT2D eigenvalue weighted by Gasteiger charge is 2.04. The van der Waals surface area contributed by atoms with Gasteiger partial charge in [-0.15, -0.1) is 0 Å². The van der Waals surface area contributed by atoms with Gasteiger partial charge in [-0.05, 0) is 12.0 Å². The second-order valence-electron chi connectivity index (χ2n) is 2.53. The van der Waals surface area contributed by atoms with Gasteiger partial charge in [0.05, 0.1) is 0 Å². The molecule has 0 spiro atoms. The van der Waals surface area contributed by atoms with Crippen molar-refractivity contribution in [1.82, 2.24) is 9.78 Å². The van der Waals surface area contributed by atoms with E-state index in [0.29, 0.717) is 5.92 Å². The molecule has 0 aliphatic heterocycles. The summed E-state index contributed by atoms with van der Waals surface area (Å²) in [5, 5.41) is 3.80. The van der Waals surface area contributed by atoms with Crippen LogP contribution >= 0.6 is 0 Å². The smallest absolute Gasteiger partial charge is 0.181 e. The van der Waals surface area contributed by atoms with Crippen LogP contribution in [0.4, 0.5) is 4.39 Å². The highest BCUT2D eigenvalue weighted by atomic mass is 19.1. The summed E-state index contributed by atoms with van der Waals surface area (Å²) in [6, 6.07) is 1.84. The molecular weight excluding hydrogens is 131 g/mol. The summed E-state index contributed by atoms with van der Waals surface area (Å²) in [6.45, 7) is 3.51. The van der Waals surface area contributed by atoms with Crippen molar-refractivity contribution in [3.63, 3.8) is 0 Å². The van der Waals surface area contributed by atoms with Crippen LogP contribution in [0.5, 0.6) is 0 Å². The lowest BCUT2D eigenvalue weighted by molar-refractivity contribution is 0.338. The first-order valence-corrected chi connectivity index (χ1v) is 3.33. The summed E-state index contributed by atoms with van der Waals surface area (Å²) in [5.74, 6) is 0.346. The number of hydrogen-bond donors (Lipinski definition) is 0. The largest absolute Gasteiger partial charge is 0.238 e. The summed E-state index contributed by atoms with van der Waals surface area (Å²) < 4.78 is 13.4. The number of alkyl halides is 1. The maximum atomic E-state index is 12.1. The lowest BCUT2D eigenvalue weighted by atomic mass is 10.1. The van der Waals surface area contributed by atoms with E-state index in [4.69, 9.17) is 0 Å². The van der Waals surface area contributed by atoms with Crippen molar-refractivity contribution in [2.75, 3.05) is 0 Å².